The lowest BCUT2D eigenvalue weighted by Crippen LogP contribution is -2.25. The normalized spacial score (nSPS) is 15.7. The van der Waals surface area contributed by atoms with Crippen molar-refractivity contribution in [3.05, 3.63) is 53.6 Å². The molecular formula is C22H32N4O. The highest BCUT2D eigenvalue weighted by Crippen LogP contribution is 2.23. The van der Waals surface area contributed by atoms with E-state index < -0.39 is 0 Å². The Bertz CT molecular complexity index is 713. The maximum Gasteiger partial charge on any atom is 0.137 e. The van der Waals surface area contributed by atoms with Crippen molar-refractivity contribution < 1.29 is 5.11 Å². The number of aliphatic hydroxyl groups is 1. The maximum absolute atomic E-state index is 9.41. The number of nitrogens with zero attached hydrogens (tertiary/aromatic N) is 2. The third-order valence-electron chi connectivity index (χ3n) is 4.71. The van der Waals surface area contributed by atoms with Gasteiger partial charge in [0, 0.05) is 25.2 Å². The van der Waals surface area contributed by atoms with Crippen LogP contribution in [0.25, 0.3) is 0 Å². The van der Waals surface area contributed by atoms with Gasteiger partial charge in [0.2, 0.25) is 0 Å². The van der Waals surface area contributed by atoms with E-state index in [1.165, 1.54) is 25.7 Å². The average molecular weight is 369 g/mol. The number of anilines is 2. The molecule has 27 heavy (non-hydrogen) atoms. The van der Waals surface area contributed by atoms with Crippen LogP contribution in [0.2, 0.25) is 0 Å². The van der Waals surface area contributed by atoms with Crippen molar-refractivity contribution in [2.45, 2.75) is 39.5 Å². The van der Waals surface area contributed by atoms with Crippen LogP contribution in [0, 0.1) is 5.41 Å². The van der Waals surface area contributed by atoms with Crippen molar-refractivity contribution in [3.63, 3.8) is 0 Å². The Morgan fingerprint density at radius 2 is 1.96 bits per heavy atom. The van der Waals surface area contributed by atoms with Gasteiger partial charge in [0.1, 0.15) is 11.6 Å². The lowest BCUT2D eigenvalue weighted by Gasteiger charge is -2.23. The van der Waals surface area contributed by atoms with E-state index in [-0.39, 0.29) is 12.3 Å². The number of aliphatic hydroxyl groups excluding tert-OH is 1. The van der Waals surface area contributed by atoms with E-state index in [1.54, 1.807) is 0 Å². The molecule has 1 aromatic rings. The second-order valence-electron chi connectivity index (χ2n) is 7.00. The summed E-state index contributed by atoms with van der Waals surface area (Å²) in [6.07, 6.45) is 11.0. The molecule has 0 saturated carbocycles. The SMILES string of the molecule is C=C(C)/C=C\C(=C/C)CNc1nc(N2CCCCCC2)ccc1C(=N)CO. The summed E-state index contributed by atoms with van der Waals surface area (Å²) in [6, 6.07) is 3.86. The number of hydrogen-bond donors (Lipinski definition) is 3. The lowest BCUT2D eigenvalue weighted by atomic mass is 10.1. The monoisotopic (exact) mass is 368 g/mol. The Labute approximate surface area is 163 Å². The highest BCUT2D eigenvalue weighted by Gasteiger charge is 2.15. The van der Waals surface area contributed by atoms with E-state index in [0.29, 0.717) is 17.9 Å². The van der Waals surface area contributed by atoms with E-state index in [2.05, 4.69) is 16.8 Å². The first-order valence-electron chi connectivity index (χ1n) is 9.72. The lowest BCUT2D eigenvalue weighted by molar-refractivity contribution is 0.357. The summed E-state index contributed by atoms with van der Waals surface area (Å²) >= 11 is 0. The molecule has 1 fully saturated rings. The van der Waals surface area contributed by atoms with E-state index >= 15 is 0 Å². The van der Waals surface area contributed by atoms with Gasteiger partial charge < -0.3 is 20.7 Å². The van der Waals surface area contributed by atoms with Crippen molar-refractivity contribution in [1.82, 2.24) is 4.98 Å². The summed E-state index contributed by atoms with van der Waals surface area (Å²) in [6.45, 7) is 10.2. The Hall–Kier alpha value is -2.40. The second-order valence-corrected chi connectivity index (χ2v) is 7.00. The fourth-order valence-electron chi connectivity index (χ4n) is 3.08. The quantitative estimate of drug-likeness (QED) is 0.472. The van der Waals surface area contributed by atoms with Crippen molar-refractivity contribution in [3.8, 4) is 0 Å². The van der Waals surface area contributed by atoms with Gasteiger partial charge in [-0.15, -0.1) is 0 Å². The average Bonchev–Trinajstić information content (AvgIpc) is 2.96. The molecule has 0 atom stereocenters. The summed E-state index contributed by atoms with van der Waals surface area (Å²) < 4.78 is 0. The van der Waals surface area contributed by atoms with Crippen molar-refractivity contribution in [1.29, 1.82) is 5.41 Å². The third kappa shape index (κ3) is 6.36. The van der Waals surface area contributed by atoms with Gasteiger partial charge in [0.15, 0.2) is 0 Å². The Balaban J connectivity index is 2.23. The predicted octanol–water partition coefficient (Wildman–Crippen LogP) is 4.31. The molecule has 0 bridgehead atoms. The van der Waals surface area contributed by atoms with Crippen LogP contribution in [0.5, 0.6) is 0 Å². The van der Waals surface area contributed by atoms with E-state index in [1.807, 2.05) is 44.2 Å². The topological polar surface area (TPSA) is 72.2 Å². The largest absolute Gasteiger partial charge is 0.390 e. The molecule has 0 radical (unpaired) electrons. The van der Waals surface area contributed by atoms with Crippen molar-refractivity contribution in [2.24, 2.45) is 0 Å². The number of hydrogen-bond acceptors (Lipinski definition) is 5. The molecule has 2 rings (SSSR count). The molecule has 146 valence electrons. The van der Waals surface area contributed by atoms with Crippen LogP contribution < -0.4 is 10.2 Å². The van der Waals surface area contributed by atoms with Gasteiger partial charge in [0.25, 0.3) is 0 Å². The molecule has 1 saturated heterocycles. The van der Waals surface area contributed by atoms with Crippen LogP contribution >= 0.6 is 0 Å². The van der Waals surface area contributed by atoms with Gasteiger partial charge in [-0.25, -0.2) is 4.98 Å². The molecule has 0 aliphatic carbocycles. The van der Waals surface area contributed by atoms with E-state index in [0.717, 1.165) is 30.1 Å². The first-order valence-corrected chi connectivity index (χ1v) is 9.72. The molecule has 0 spiro atoms. The maximum atomic E-state index is 9.41. The fourth-order valence-corrected chi connectivity index (χ4v) is 3.08. The molecule has 5 heteroatoms. The standard InChI is InChI=1S/C22H32N4O/c1-4-18(10-9-17(2)3)15-24-22-19(20(23)16-27)11-12-21(25-22)26-13-7-5-6-8-14-26/h4,9-12,23,27H,2,5-8,13-16H2,1,3H3,(H,24,25)/b10-9-,18-4+,23-20?. The van der Waals surface area contributed by atoms with Gasteiger partial charge in [-0.3, -0.25) is 0 Å². The molecular weight excluding hydrogens is 336 g/mol. The molecule has 2 heterocycles. The summed E-state index contributed by atoms with van der Waals surface area (Å²) in [4.78, 5) is 7.12. The van der Waals surface area contributed by atoms with Crippen LogP contribution in [0.3, 0.4) is 0 Å². The first kappa shape index (κ1) is 20.9. The van der Waals surface area contributed by atoms with Crippen LogP contribution in [-0.4, -0.2) is 42.0 Å². The highest BCUT2D eigenvalue weighted by atomic mass is 16.3. The minimum atomic E-state index is -0.300. The number of aromatic nitrogens is 1. The number of nitrogens with one attached hydrogen (secondary N) is 2. The van der Waals surface area contributed by atoms with Gasteiger partial charge in [-0.2, -0.15) is 0 Å². The zero-order chi connectivity index (χ0) is 19.6. The Kier molecular flexibility index (Phi) is 8.27. The van der Waals surface area contributed by atoms with Crippen molar-refractivity contribution in [2.75, 3.05) is 36.5 Å². The number of rotatable bonds is 8. The van der Waals surface area contributed by atoms with Crippen LogP contribution in [0.1, 0.15) is 45.1 Å². The van der Waals surface area contributed by atoms with E-state index in [9.17, 15) is 5.11 Å². The highest BCUT2D eigenvalue weighted by molar-refractivity contribution is 6.03. The molecule has 1 aliphatic rings. The molecule has 5 nitrogen and oxygen atoms in total. The predicted molar refractivity (Wildman–Crippen MR) is 115 cm³/mol. The minimum Gasteiger partial charge on any atom is -0.390 e. The molecule has 0 amide bonds. The Morgan fingerprint density at radius 1 is 1.26 bits per heavy atom. The second kappa shape index (κ2) is 10.7. The number of pyridine rings is 1. The molecule has 0 unspecified atom stereocenters. The summed E-state index contributed by atoms with van der Waals surface area (Å²) in [5, 5.41) is 20.8. The van der Waals surface area contributed by atoms with Crippen molar-refractivity contribution >= 4 is 17.3 Å². The van der Waals surface area contributed by atoms with Crippen LogP contribution in [0.15, 0.2) is 48.1 Å². The zero-order valence-corrected chi connectivity index (χ0v) is 16.6. The smallest absolute Gasteiger partial charge is 0.137 e. The third-order valence-corrected chi connectivity index (χ3v) is 4.71. The summed E-state index contributed by atoms with van der Waals surface area (Å²) in [7, 11) is 0. The summed E-state index contributed by atoms with van der Waals surface area (Å²) in [5.41, 5.74) is 2.93. The fraction of sp³-hybridized carbons (Fsp3) is 0.455. The van der Waals surface area contributed by atoms with Gasteiger partial charge in [0.05, 0.1) is 12.3 Å². The molecule has 1 aromatic heterocycles. The number of allylic oxidation sites excluding steroid dienone is 3. The molecule has 3 N–H and O–H groups in total. The van der Waals surface area contributed by atoms with Gasteiger partial charge in [-0.05, 0) is 44.4 Å². The Morgan fingerprint density at radius 3 is 2.56 bits per heavy atom. The minimum absolute atomic E-state index is 0.173. The van der Waals surface area contributed by atoms with Gasteiger partial charge in [-0.1, -0.05) is 43.2 Å². The van der Waals surface area contributed by atoms with Gasteiger partial charge >= 0.3 is 0 Å². The zero-order valence-electron chi connectivity index (χ0n) is 16.6. The first-order chi connectivity index (χ1) is 13.0. The van der Waals surface area contributed by atoms with Crippen LogP contribution in [0.4, 0.5) is 11.6 Å². The summed E-state index contributed by atoms with van der Waals surface area (Å²) in [5.74, 6) is 1.59. The van der Waals surface area contributed by atoms with E-state index in [4.69, 9.17) is 10.4 Å². The molecule has 1 aliphatic heterocycles. The molecule has 0 aromatic carbocycles. The van der Waals surface area contributed by atoms with Crippen LogP contribution in [-0.2, 0) is 0 Å².